The zero-order valence-corrected chi connectivity index (χ0v) is 14.4. The summed E-state index contributed by atoms with van der Waals surface area (Å²) in [5.74, 6) is 0.892. The van der Waals surface area contributed by atoms with Crippen LogP contribution in [0.2, 0.25) is 0 Å². The van der Waals surface area contributed by atoms with E-state index in [2.05, 4.69) is 51.0 Å². The molecule has 0 fully saturated rings. The van der Waals surface area contributed by atoms with Crippen LogP contribution >= 0.6 is 0 Å². The fraction of sp³-hybridized carbons (Fsp3) is 0.722. The lowest BCUT2D eigenvalue weighted by Crippen LogP contribution is -2.41. The van der Waals surface area contributed by atoms with Crippen molar-refractivity contribution < 1.29 is 4.74 Å². The number of pyridine rings is 1. The normalized spacial score (nSPS) is 13.2. The van der Waals surface area contributed by atoms with Crippen molar-refractivity contribution in [2.75, 3.05) is 13.2 Å². The van der Waals surface area contributed by atoms with E-state index in [-0.39, 0.29) is 5.41 Å². The summed E-state index contributed by atoms with van der Waals surface area (Å²) < 4.78 is 5.66. The smallest absolute Gasteiger partial charge is 0.137 e. The highest BCUT2D eigenvalue weighted by molar-refractivity contribution is 5.23. The van der Waals surface area contributed by atoms with Gasteiger partial charge >= 0.3 is 0 Å². The molecule has 1 heterocycles. The minimum absolute atomic E-state index is 0.277. The second-order valence-corrected chi connectivity index (χ2v) is 6.79. The van der Waals surface area contributed by atoms with Crippen LogP contribution in [-0.4, -0.2) is 24.2 Å². The number of nitrogens with zero attached hydrogens (tertiary/aromatic N) is 1. The molecular formula is C18H32N2O. The van der Waals surface area contributed by atoms with Crippen molar-refractivity contribution in [1.29, 1.82) is 0 Å². The summed E-state index contributed by atoms with van der Waals surface area (Å²) in [5.41, 5.74) is 1.54. The maximum atomic E-state index is 5.66. The van der Waals surface area contributed by atoms with Crippen molar-refractivity contribution in [3.05, 3.63) is 24.0 Å². The van der Waals surface area contributed by atoms with E-state index in [0.29, 0.717) is 6.04 Å². The molecule has 120 valence electrons. The monoisotopic (exact) mass is 292 g/mol. The van der Waals surface area contributed by atoms with Crippen molar-refractivity contribution in [2.45, 2.75) is 66.3 Å². The van der Waals surface area contributed by atoms with Crippen LogP contribution in [0.5, 0.6) is 5.75 Å². The van der Waals surface area contributed by atoms with E-state index < -0.39 is 0 Å². The minimum Gasteiger partial charge on any atom is -0.492 e. The SMILES string of the molecule is CCCNC(CCc1cncc(OCCC)c1)C(C)(C)C. The summed E-state index contributed by atoms with van der Waals surface area (Å²) in [6.07, 6.45) is 8.12. The minimum atomic E-state index is 0.277. The Hall–Kier alpha value is -1.09. The fourth-order valence-corrected chi connectivity index (χ4v) is 2.37. The quantitative estimate of drug-likeness (QED) is 0.740. The third kappa shape index (κ3) is 6.94. The van der Waals surface area contributed by atoms with Crippen molar-refractivity contribution in [3.63, 3.8) is 0 Å². The lowest BCUT2D eigenvalue weighted by Gasteiger charge is -2.32. The molecule has 1 unspecified atom stereocenters. The van der Waals surface area contributed by atoms with Crippen molar-refractivity contribution in [1.82, 2.24) is 10.3 Å². The molecule has 3 nitrogen and oxygen atoms in total. The zero-order valence-electron chi connectivity index (χ0n) is 14.4. The summed E-state index contributed by atoms with van der Waals surface area (Å²) in [6, 6.07) is 2.65. The van der Waals surface area contributed by atoms with E-state index in [1.54, 1.807) is 6.20 Å². The molecule has 0 saturated carbocycles. The Bertz CT molecular complexity index is 398. The van der Waals surface area contributed by atoms with Gasteiger partial charge in [-0.2, -0.15) is 0 Å². The zero-order chi connectivity index (χ0) is 15.7. The van der Waals surface area contributed by atoms with Gasteiger partial charge in [0.15, 0.2) is 0 Å². The number of hydrogen-bond donors (Lipinski definition) is 1. The molecule has 1 aromatic heterocycles. The molecule has 0 aliphatic heterocycles. The Balaban J connectivity index is 2.58. The average Bonchev–Trinajstić information content (AvgIpc) is 2.44. The molecule has 1 rings (SSSR count). The molecule has 0 aliphatic rings. The van der Waals surface area contributed by atoms with Gasteiger partial charge in [-0.1, -0.05) is 34.6 Å². The van der Waals surface area contributed by atoms with Gasteiger partial charge in [-0.25, -0.2) is 0 Å². The fourth-order valence-electron chi connectivity index (χ4n) is 2.37. The largest absolute Gasteiger partial charge is 0.492 e. The Morgan fingerprint density at radius 1 is 1.19 bits per heavy atom. The summed E-state index contributed by atoms with van der Waals surface area (Å²) in [6.45, 7) is 13.1. The molecule has 1 aromatic rings. The number of hydrogen-bond acceptors (Lipinski definition) is 3. The summed E-state index contributed by atoms with van der Waals surface area (Å²) >= 11 is 0. The van der Waals surface area contributed by atoms with Crippen LogP contribution in [-0.2, 0) is 6.42 Å². The molecule has 0 aliphatic carbocycles. The van der Waals surface area contributed by atoms with Gasteiger partial charge in [-0.05, 0) is 49.3 Å². The molecule has 0 bridgehead atoms. The molecule has 0 aromatic carbocycles. The molecule has 0 saturated heterocycles. The lowest BCUT2D eigenvalue weighted by atomic mass is 9.83. The molecule has 1 atom stereocenters. The van der Waals surface area contributed by atoms with Crippen LogP contribution in [0.15, 0.2) is 18.5 Å². The Labute approximate surface area is 130 Å². The van der Waals surface area contributed by atoms with Gasteiger partial charge < -0.3 is 10.1 Å². The first-order valence-corrected chi connectivity index (χ1v) is 8.27. The topological polar surface area (TPSA) is 34.2 Å². The van der Waals surface area contributed by atoms with Crippen LogP contribution in [0.4, 0.5) is 0 Å². The van der Waals surface area contributed by atoms with Gasteiger partial charge in [-0.15, -0.1) is 0 Å². The van der Waals surface area contributed by atoms with Crippen LogP contribution in [0, 0.1) is 5.41 Å². The van der Waals surface area contributed by atoms with E-state index in [9.17, 15) is 0 Å². The third-order valence-electron chi connectivity index (χ3n) is 3.65. The standard InChI is InChI=1S/C18H32N2O/c1-6-10-20-17(18(3,4)5)9-8-15-12-16(14-19-13-15)21-11-7-2/h12-14,17,20H,6-11H2,1-5H3. The van der Waals surface area contributed by atoms with E-state index >= 15 is 0 Å². The molecule has 0 spiro atoms. The first-order chi connectivity index (χ1) is 9.97. The van der Waals surface area contributed by atoms with Crippen molar-refractivity contribution in [2.24, 2.45) is 5.41 Å². The second-order valence-electron chi connectivity index (χ2n) is 6.79. The number of ether oxygens (including phenoxy) is 1. The van der Waals surface area contributed by atoms with E-state index in [4.69, 9.17) is 4.74 Å². The highest BCUT2D eigenvalue weighted by Crippen LogP contribution is 2.24. The highest BCUT2D eigenvalue weighted by atomic mass is 16.5. The maximum Gasteiger partial charge on any atom is 0.137 e. The average molecular weight is 292 g/mol. The molecule has 0 radical (unpaired) electrons. The Morgan fingerprint density at radius 2 is 1.95 bits per heavy atom. The van der Waals surface area contributed by atoms with E-state index in [1.165, 1.54) is 12.0 Å². The van der Waals surface area contributed by atoms with Gasteiger partial charge in [0.1, 0.15) is 5.75 Å². The first kappa shape index (κ1) is 18.0. The Morgan fingerprint density at radius 3 is 2.57 bits per heavy atom. The van der Waals surface area contributed by atoms with Gasteiger partial charge in [0.2, 0.25) is 0 Å². The van der Waals surface area contributed by atoms with Crippen LogP contribution in [0.25, 0.3) is 0 Å². The number of rotatable bonds is 9. The van der Waals surface area contributed by atoms with Crippen LogP contribution in [0.1, 0.15) is 59.4 Å². The molecule has 3 heteroatoms. The van der Waals surface area contributed by atoms with Crippen molar-refractivity contribution >= 4 is 0 Å². The predicted octanol–water partition coefficient (Wildman–Crippen LogP) is 4.22. The van der Waals surface area contributed by atoms with E-state index in [0.717, 1.165) is 38.2 Å². The van der Waals surface area contributed by atoms with Gasteiger partial charge in [0.05, 0.1) is 12.8 Å². The Kier molecular flexibility index (Phi) is 7.73. The molecular weight excluding hydrogens is 260 g/mol. The third-order valence-corrected chi connectivity index (χ3v) is 3.65. The molecule has 1 N–H and O–H groups in total. The first-order valence-electron chi connectivity index (χ1n) is 8.27. The number of aryl methyl sites for hydroxylation is 1. The highest BCUT2D eigenvalue weighted by Gasteiger charge is 2.23. The number of nitrogens with one attached hydrogen (secondary N) is 1. The van der Waals surface area contributed by atoms with E-state index in [1.807, 2.05) is 6.20 Å². The van der Waals surface area contributed by atoms with Gasteiger partial charge in [-0.3, -0.25) is 4.98 Å². The summed E-state index contributed by atoms with van der Waals surface area (Å²) in [7, 11) is 0. The second kappa shape index (κ2) is 9.04. The summed E-state index contributed by atoms with van der Waals surface area (Å²) in [4.78, 5) is 4.29. The summed E-state index contributed by atoms with van der Waals surface area (Å²) in [5, 5.41) is 3.68. The van der Waals surface area contributed by atoms with Gasteiger partial charge in [0, 0.05) is 12.2 Å². The lowest BCUT2D eigenvalue weighted by molar-refractivity contribution is 0.255. The van der Waals surface area contributed by atoms with Crippen LogP contribution in [0.3, 0.4) is 0 Å². The number of aromatic nitrogens is 1. The van der Waals surface area contributed by atoms with Crippen molar-refractivity contribution in [3.8, 4) is 5.75 Å². The van der Waals surface area contributed by atoms with Gasteiger partial charge in [0.25, 0.3) is 0 Å². The predicted molar refractivity (Wildman–Crippen MR) is 89.9 cm³/mol. The molecule has 21 heavy (non-hydrogen) atoms. The maximum absolute atomic E-state index is 5.66. The molecule has 0 amide bonds. The van der Waals surface area contributed by atoms with Crippen LogP contribution < -0.4 is 10.1 Å².